The maximum absolute atomic E-state index is 13.1. The molecule has 0 saturated heterocycles. The van der Waals surface area contributed by atoms with E-state index in [-0.39, 0.29) is 16.8 Å². The number of esters is 1. The summed E-state index contributed by atoms with van der Waals surface area (Å²) in [6.07, 6.45) is 11.7. The van der Waals surface area contributed by atoms with Crippen LogP contribution in [0.1, 0.15) is 110 Å². The van der Waals surface area contributed by atoms with E-state index in [0.29, 0.717) is 41.9 Å². The van der Waals surface area contributed by atoms with Crippen molar-refractivity contribution in [3.8, 4) is 0 Å². The molecule has 8 atom stereocenters. The van der Waals surface area contributed by atoms with E-state index in [4.69, 9.17) is 4.74 Å². The van der Waals surface area contributed by atoms with Crippen molar-refractivity contribution in [3.05, 3.63) is 101 Å². The van der Waals surface area contributed by atoms with Gasteiger partial charge >= 0.3 is 5.97 Å². The van der Waals surface area contributed by atoms with Crippen molar-refractivity contribution in [1.82, 2.24) is 0 Å². The van der Waals surface area contributed by atoms with Gasteiger partial charge in [-0.2, -0.15) is 0 Å². The molecule has 2 nitrogen and oxygen atoms in total. The van der Waals surface area contributed by atoms with Crippen LogP contribution in [-0.2, 0) is 33.2 Å². The van der Waals surface area contributed by atoms with Gasteiger partial charge in [-0.05, 0) is 192 Å². The number of carbonyl (C=O) groups excluding carboxylic acids is 1. The Morgan fingerprint density at radius 2 is 1.65 bits per heavy atom. The van der Waals surface area contributed by atoms with Crippen molar-refractivity contribution in [3.63, 3.8) is 0 Å². The topological polar surface area (TPSA) is 26.3 Å². The number of allylic oxidation sites excluding steroid dienone is 2. The number of hydrogen-bond donors (Lipinski definition) is 0. The lowest BCUT2D eigenvalue weighted by Gasteiger charge is -2.37. The van der Waals surface area contributed by atoms with Gasteiger partial charge in [0.25, 0.3) is 0 Å². The van der Waals surface area contributed by atoms with E-state index in [1.807, 2.05) is 11.3 Å². The highest BCUT2D eigenvalue weighted by atomic mass is 32.1. The Kier molecular flexibility index (Phi) is 3.01. The largest absolute Gasteiger partial charge is 0.469 e. The van der Waals surface area contributed by atoms with Crippen LogP contribution in [0.25, 0.3) is 76.3 Å². The normalized spacial score (nSPS) is 33.9. The number of rotatable bonds is 4. The predicted molar refractivity (Wildman–Crippen MR) is 203 cm³/mol. The highest BCUT2D eigenvalue weighted by Crippen LogP contribution is 2.88. The van der Waals surface area contributed by atoms with Crippen molar-refractivity contribution in [1.29, 1.82) is 0 Å². The number of carbonyl (C=O) groups is 1. The molecular weight excluding hydrogens is 641 g/mol. The average molecular weight is 669 g/mol. The first kappa shape index (κ1) is 23.9. The molecule has 1 fully saturated rings. The first-order valence-electron chi connectivity index (χ1n) is 19.6. The monoisotopic (exact) mass is 668 g/mol. The minimum Gasteiger partial charge on any atom is -0.469 e. The minimum atomic E-state index is -0.0710. The summed E-state index contributed by atoms with van der Waals surface area (Å²) in [6, 6.07) is 10.1. The van der Waals surface area contributed by atoms with E-state index in [9.17, 15) is 4.79 Å². The molecule has 1 heterocycles. The second-order valence-corrected chi connectivity index (χ2v) is 19.6. The lowest BCUT2D eigenvalue weighted by Crippen LogP contribution is -2.24. The van der Waals surface area contributed by atoms with Gasteiger partial charge in [-0.3, -0.25) is 4.79 Å². The van der Waals surface area contributed by atoms with Crippen LogP contribution in [0.3, 0.4) is 0 Å². The van der Waals surface area contributed by atoms with Crippen molar-refractivity contribution in [2.75, 3.05) is 7.11 Å². The summed E-state index contributed by atoms with van der Waals surface area (Å²) >= 11 is 1.95. The van der Waals surface area contributed by atoms with Gasteiger partial charge in [0.2, 0.25) is 0 Å². The molecule has 0 bridgehead atoms. The highest BCUT2D eigenvalue weighted by Gasteiger charge is 2.82. The third-order valence-electron chi connectivity index (χ3n) is 17.8. The molecule has 7 aromatic carbocycles. The lowest BCUT2D eigenvalue weighted by molar-refractivity contribution is -0.140. The van der Waals surface area contributed by atoms with Gasteiger partial charge in [-0.15, -0.1) is 11.3 Å². The lowest BCUT2D eigenvalue weighted by atomic mass is 9.66. The molecule has 1 saturated carbocycles. The molecule has 8 aromatic rings. The molecule has 10 aliphatic carbocycles. The van der Waals surface area contributed by atoms with E-state index < -0.39 is 0 Å². The van der Waals surface area contributed by atoms with Crippen molar-refractivity contribution in [2.24, 2.45) is 11.8 Å². The summed E-state index contributed by atoms with van der Waals surface area (Å²) in [5, 5.41) is 23.9. The maximum Gasteiger partial charge on any atom is 0.305 e. The molecule has 18 rings (SSSR count). The number of hydrogen-bond acceptors (Lipinski definition) is 3. The number of thiophene rings is 1. The zero-order chi connectivity index (χ0) is 32.1. The van der Waals surface area contributed by atoms with Gasteiger partial charge in [-0.25, -0.2) is 0 Å². The SMILES string of the molecule is COC(=O)CCC1(c2cccs2)C2c3cc4c5c6c3c3c7c8c9c%10c%11c%12c%13c%14c(cc%15c%16c(c(c%11c%14%16)c6c3%10)C5C(C=4)C%15)CC%13=CC(CC8CC721)C%129. The number of ether oxygens (including phenoxy) is 1. The molecular formula is C48H28O2S. The third kappa shape index (κ3) is 1.81. The zero-order valence-electron chi connectivity index (χ0n) is 28.0. The Bertz CT molecular complexity index is 3410. The first-order chi connectivity index (χ1) is 25.2. The Morgan fingerprint density at radius 1 is 0.824 bits per heavy atom. The van der Waals surface area contributed by atoms with E-state index in [0.717, 1.165) is 12.8 Å². The van der Waals surface area contributed by atoms with Gasteiger partial charge in [0.15, 0.2) is 0 Å². The van der Waals surface area contributed by atoms with E-state index in [2.05, 4.69) is 41.8 Å². The molecule has 8 unspecified atom stereocenters. The highest BCUT2D eigenvalue weighted by molar-refractivity contribution is 7.10. The van der Waals surface area contributed by atoms with Crippen LogP contribution < -0.4 is 5.22 Å². The quantitative estimate of drug-likeness (QED) is 0.138. The summed E-state index contributed by atoms with van der Waals surface area (Å²) in [5.41, 5.74) is 18.7. The summed E-state index contributed by atoms with van der Waals surface area (Å²) in [7, 11) is 1.57. The van der Waals surface area contributed by atoms with Crippen molar-refractivity contribution >= 4 is 93.6 Å². The summed E-state index contributed by atoms with van der Waals surface area (Å²) in [4.78, 5) is 14.6. The van der Waals surface area contributed by atoms with Crippen LogP contribution in [0.2, 0.25) is 0 Å². The van der Waals surface area contributed by atoms with E-state index >= 15 is 0 Å². The molecule has 10 aliphatic rings. The third-order valence-corrected chi connectivity index (χ3v) is 18.8. The molecule has 0 N–H and O–H groups in total. The van der Waals surface area contributed by atoms with E-state index in [1.54, 1.807) is 138 Å². The Balaban J connectivity index is 1.16. The Labute approximate surface area is 295 Å². The standard InChI is InChI=1S/C48H28O2S/c1-50-24(49)4-5-47(23-3-2-6-51-23)46-22-13-20-11-17-9-18-8-15-7-16-10-19-12-21-14-48(46,47)45-31(21)36-30(19)35-26(16)25(15)33-29(18)34-27(17)28(20)37-32(22)44(45)43-41(36)39(35)38(33)40(34)42(37)43/h2-3,6,8,10-11,13,17,19,21,27,30,46H,4-5,7,9,12,14H2,1H3. The number of fused-ring (bicyclic) bond motifs is 1. The number of methoxy groups -OCH3 is 1. The zero-order valence-corrected chi connectivity index (χ0v) is 28.8. The van der Waals surface area contributed by atoms with Crippen LogP contribution in [0.15, 0.2) is 35.7 Å². The van der Waals surface area contributed by atoms with Crippen LogP contribution in [0.4, 0.5) is 0 Å². The van der Waals surface area contributed by atoms with Crippen LogP contribution in [-0.4, -0.2) is 13.1 Å². The molecule has 3 heteroatoms. The molecule has 0 aliphatic heterocycles. The fraction of sp³-hybridized carbons (Fsp3) is 0.312. The second-order valence-electron chi connectivity index (χ2n) is 18.7. The van der Waals surface area contributed by atoms with Crippen molar-refractivity contribution in [2.45, 2.75) is 73.0 Å². The Hall–Kier alpha value is -4.47. The smallest absolute Gasteiger partial charge is 0.305 e. The van der Waals surface area contributed by atoms with Gasteiger partial charge in [0.05, 0.1) is 7.11 Å². The van der Waals surface area contributed by atoms with Gasteiger partial charge < -0.3 is 4.74 Å². The molecule has 1 aromatic heterocycles. The van der Waals surface area contributed by atoms with Gasteiger partial charge in [0, 0.05) is 39.9 Å². The van der Waals surface area contributed by atoms with Gasteiger partial charge in [-0.1, -0.05) is 30.4 Å². The fourth-order valence-corrected chi connectivity index (χ4v) is 18.2. The summed E-state index contributed by atoms with van der Waals surface area (Å²) < 4.78 is 5.38. The molecule has 1 spiro atoms. The van der Waals surface area contributed by atoms with Gasteiger partial charge in [0.1, 0.15) is 0 Å². The molecule has 238 valence electrons. The maximum atomic E-state index is 13.1. The van der Waals surface area contributed by atoms with Crippen LogP contribution >= 0.6 is 11.3 Å². The van der Waals surface area contributed by atoms with E-state index in [1.165, 1.54) is 24.1 Å². The minimum absolute atomic E-state index is 0.0427. The van der Waals surface area contributed by atoms with Crippen LogP contribution in [0.5, 0.6) is 0 Å². The van der Waals surface area contributed by atoms with Crippen LogP contribution in [0, 0.1) is 11.8 Å². The summed E-state index contributed by atoms with van der Waals surface area (Å²) in [6.45, 7) is 0. The van der Waals surface area contributed by atoms with Crippen molar-refractivity contribution < 1.29 is 9.53 Å². The molecule has 0 radical (unpaired) electrons. The predicted octanol–water partition coefficient (Wildman–Crippen LogP) is 9.82. The first-order valence-corrected chi connectivity index (χ1v) is 20.5. The molecule has 51 heavy (non-hydrogen) atoms. The Morgan fingerprint density at radius 3 is 2.53 bits per heavy atom. The fourth-order valence-electron chi connectivity index (χ4n) is 17.2. The average Bonchev–Trinajstić information content (AvgIpc) is 3.92. The second kappa shape index (κ2) is 6.43. The molecule has 0 amide bonds. The number of benzene rings is 5. The summed E-state index contributed by atoms with van der Waals surface area (Å²) in [5.74, 6) is 3.07.